The monoisotopic (exact) mass is 343 g/mol. The van der Waals surface area contributed by atoms with E-state index in [1.807, 2.05) is 66.7 Å². The third-order valence-electron chi connectivity index (χ3n) is 4.60. The van der Waals surface area contributed by atoms with Crippen molar-refractivity contribution >= 4 is 5.78 Å². The van der Waals surface area contributed by atoms with Crippen molar-refractivity contribution in [1.29, 1.82) is 0 Å². The SMILES string of the molecule is CCc1cccc(-c2cccc(C(=O)c3ccc(C(C)(C)C)cc3)c2)n1. The molecule has 0 fully saturated rings. The Labute approximate surface area is 155 Å². The van der Waals surface area contributed by atoms with Crippen LogP contribution in [0.15, 0.2) is 66.7 Å². The van der Waals surface area contributed by atoms with E-state index in [-0.39, 0.29) is 11.2 Å². The van der Waals surface area contributed by atoms with E-state index in [1.54, 1.807) is 0 Å². The molecule has 3 aromatic rings. The summed E-state index contributed by atoms with van der Waals surface area (Å²) in [7, 11) is 0. The predicted molar refractivity (Wildman–Crippen MR) is 108 cm³/mol. The minimum Gasteiger partial charge on any atom is -0.289 e. The molecule has 3 rings (SSSR count). The molecular weight excluding hydrogens is 318 g/mol. The van der Waals surface area contributed by atoms with Gasteiger partial charge in [0.05, 0.1) is 5.69 Å². The van der Waals surface area contributed by atoms with Crippen LogP contribution in [-0.2, 0) is 11.8 Å². The van der Waals surface area contributed by atoms with E-state index in [2.05, 4.69) is 32.7 Å². The molecule has 0 aliphatic rings. The number of nitrogens with zero attached hydrogens (tertiary/aromatic N) is 1. The van der Waals surface area contributed by atoms with Crippen molar-refractivity contribution in [3.63, 3.8) is 0 Å². The topological polar surface area (TPSA) is 30.0 Å². The molecule has 0 bridgehead atoms. The van der Waals surface area contributed by atoms with Crippen LogP contribution in [0.4, 0.5) is 0 Å². The lowest BCUT2D eigenvalue weighted by molar-refractivity contribution is 0.103. The van der Waals surface area contributed by atoms with Gasteiger partial charge in [-0.3, -0.25) is 9.78 Å². The first-order valence-corrected chi connectivity index (χ1v) is 9.10. The van der Waals surface area contributed by atoms with Crippen LogP contribution in [-0.4, -0.2) is 10.8 Å². The van der Waals surface area contributed by atoms with Crippen molar-refractivity contribution in [2.45, 2.75) is 39.5 Å². The molecule has 0 amide bonds. The number of ketones is 1. The van der Waals surface area contributed by atoms with Crippen LogP contribution in [0.1, 0.15) is 54.9 Å². The summed E-state index contributed by atoms with van der Waals surface area (Å²) in [4.78, 5) is 17.6. The summed E-state index contributed by atoms with van der Waals surface area (Å²) < 4.78 is 0. The lowest BCUT2D eigenvalue weighted by Crippen LogP contribution is -2.11. The Morgan fingerprint density at radius 3 is 2.23 bits per heavy atom. The van der Waals surface area contributed by atoms with E-state index in [1.165, 1.54) is 5.56 Å². The molecule has 1 heterocycles. The standard InChI is InChI=1S/C24H25NO/c1-5-21-10-7-11-22(25-21)18-8-6-9-19(16-18)23(26)17-12-14-20(15-13-17)24(2,3)4/h6-16H,5H2,1-4H3. The van der Waals surface area contributed by atoms with Crippen LogP contribution >= 0.6 is 0 Å². The highest BCUT2D eigenvalue weighted by atomic mass is 16.1. The lowest BCUT2D eigenvalue weighted by atomic mass is 9.86. The molecule has 0 saturated heterocycles. The Bertz CT molecular complexity index is 917. The molecule has 26 heavy (non-hydrogen) atoms. The molecular formula is C24H25NO. The van der Waals surface area contributed by atoms with E-state index < -0.39 is 0 Å². The maximum Gasteiger partial charge on any atom is 0.193 e. The van der Waals surface area contributed by atoms with Crippen molar-refractivity contribution in [2.24, 2.45) is 0 Å². The average Bonchev–Trinajstić information content (AvgIpc) is 2.67. The third-order valence-corrected chi connectivity index (χ3v) is 4.60. The van der Waals surface area contributed by atoms with Gasteiger partial charge in [-0.15, -0.1) is 0 Å². The van der Waals surface area contributed by atoms with Crippen molar-refractivity contribution in [1.82, 2.24) is 4.98 Å². The quantitative estimate of drug-likeness (QED) is 0.557. The summed E-state index contributed by atoms with van der Waals surface area (Å²) in [5.41, 5.74) is 5.64. The molecule has 0 aliphatic heterocycles. The number of pyridine rings is 1. The number of aryl methyl sites for hydroxylation is 1. The molecule has 0 saturated carbocycles. The number of hydrogen-bond donors (Lipinski definition) is 0. The fourth-order valence-electron chi connectivity index (χ4n) is 2.95. The Morgan fingerprint density at radius 2 is 1.58 bits per heavy atom. The normalized spacial score (nSPS) is 11.4. The smallest absolute Gasteiger partial charge is 0.193 e. The molecule has 0 aliphatic carbocycles. The van der Waals surface area contributed by atoms with E-state index in [0.29, 0.717) is 11.1 Å². The molecule has 0 unspecified atom stereocenters. The second-order valence-corrected chi connectivity index (χ2v) is 7.60. The van der Waals surface area contributed by atoms with Crippen LogP contribution in [0.2, 0.25) is 0 Å². The van der Waals surface area contributed by atoms with Crippen LogP contribution in [0.3, 0.4) is 0 Å². The summed E-state index contributed by atoms with van der Waals surface area (Å²) in [6.45, 7) is 8.60. The fraction of sp³-hybridized carbons (Fsp3) is 0.250. The Balaban J connectivity index is 1.91. The highest BCUT2D eigenvalue weighted by Crippen LogP contribution is 2.24. The van der Waals surface area contributed by atoms with Gasteiger partial charge in [0.1, 0.15) is 0 Å². The molecule has 2 nitrogen and oxygen atoms in total. The first kappa shape index (κ1) is 18.1. The minimum absolute atomic E-state index is 0.0407. The van der Waals surface area contributed by atoms with Crippen molar-refractivity contribution in [3.05, 3.63) is 89.1 Å². The average molecular weight is 343 g/mol. The van der Waals surface area contributed by atoms with Gasteiger partial charge in [0.25, 0.3) is 0 Å². The predicted octanol–water partition coefficient (Wildman–Crippen LogP) is 5.84. The van der Waals surface area contributed by atoms with E-state index >= 15 is 0 Å². The van der Waals surface area contributed by atoms with Gasteiger partial charge in [0.2, 0.25) is 0 Å². The summed E-state index contributed by atoms with van der Waals surface area (Å²) in [5, 5.41) is 0. The van der Waals surface area contributed by atoms with Gasteiger partial charge in [-0.25, -0.2) is 0 Å². The van der Waals surface area contributed by atoms with Crippen LogP contribution in [0.25, 0.3) is 11.3 Å². The lowest BCUT2D eigenvalue weighted by Gasteiger charge is -2.19. The third kappa shape index (κ3) is 3.91. The zero-order valence-corrected chi connectivity index (χ0v) is 15.9. The molecule has 2 heteroatoms. The minimum atomic E-state index is 0.0407. The Morgan fingerprint density at radius 1 is 0.885 bits per heavy atom. The van der Waals surface area contributed by atoms with Gasteiger partial charge in [-0.2, -0.15) is 0 Å². The van der Waals surface area contributed by atoms with Crippen molar-refractivity contribution in [2.75, 3.05) is 0 Å². The van der Waals surface area contributed by atoms with Crippen LogP contribution in [0, 0.1) is 0 Å². The molecule has 0 spiro atoms. The number of aromatic nitrogens is 1. The molecule has 0 N–H and O–H groups in total. The summed E-state index contributed by atoms with van der Waals surface area (Å²) >= 11 is 0. The Hall–Kier alpha value is -2.74. The highest BCUT2D eigenvalue weighted by molar-refractivity contribution is 6.09. The van der Waals surface area contributed by atoms with E-state index in [9.17, 15) is 4.79 Å². The van der Waals surface area contributed by atoms with Gasteiger partial charge in [0.15, 0.2) is 5.78 Å². The van der Waals surface area contributed by atoms with Gasteiger partial charge >= 0.3 is 0 Å². The molecule has 132 valence electrons. The number of benzene rings is 2. The molecule has 0 radical (unpaired) electrons. The number of rotatable bonds is 4. The number of carbonyl (C=O) groups excluding carboxylic acids is 1. The van der Waals surface area contributed by atoms with Gasteiger partial charge in [-0.05, 0) is 35.6 Å². The zero-order chi connectivity index (χ0) is 18.7. The second kappa shape index (κ2) is 7.25. The number of hydrogen-bond acceptors (Lipinski definition) is 2. The van der Waals surface area contributed by atoms with Crippen molar-refractivity contribution < 1.29 is 4.79 Å². The highest BCUT2D eigenvalue weighted by Gasteiger charge is 2.15. The summed E-state index contributed by atoms with van der Waals surface area (Å²) in [6, 6.07) is 21.7. The molecule has 0 atom stereocenters. The van der Waals surface area contributed by atoms with E-state index in [0.717, 1.165) is 23.4 Å². The van der Waals surface area contributed by atoms with Crippen LogP contribution in [0.5, 0.6) is 0 Å². The van der Waals surface area contributed by atoms with Crippen molar-refractivity contribution in [3.8, 4) is 11.3 Å². The van der Waals surface area contributed by atoms with Gasteiger partial charge in [-0.1, -0.05) is 76.2 Å². The largest absolute Gasteiger partial charge is 0.289 e. The zero-order valence-electron chi connectivity index (χ0n) is 15.9. The van der Waals surface area contributed by atoms with E-state index in [4.69, 9.17) is 0 Å². The first-order valence-electron chi connectivity index (χ1n) is 9.10. The molecule has 1 aromatic heterocycles. The first-order chi connectivity index (χ1) is 12.4. The Kier molecular flexibility index (Phi) is 5.03. The second-order valence-electron chi connectivity index (χ2n) is 7.60. The maximum absolute atomic E-state index is 12.9. The maximum atomic E-state index is 12.9. The molecule has 2 aromatic carbocycles. The fourth-order valence-corrected chi connectivity index (χ4v) is 2.95. The van der Waals surface area contributed by atoms with Crippen LogP contribution < -0.4 is 0 Å². The summed E-state index contributed by atoms with van der Waals surface area (Å²) in [5.74, 6) is 0.0407. The van der Waals surface area contributed by atoms with Gasteiger partial charge in [0, 0.05) is 22.4 Å². The summed E-state index contributed by atoms with van der Waals surface area (Å²) in [6.07, 6.45) is 0.895. The van der Waals surface area contributed by atoms with Gasteiger partial charge < -0.3 is 0 Å². The number of carbonyl (C=O) groups is 1.